The van der Waals surface area contributed by atoms with Gasteiger partial charge in [0.05, 0.1) is 10.9 Å². The van der Waals surface area contributed by atoms with E-state index in [9.17, 15) is 9.59 Å². The maximum Gasteiger partial charge on any atom is 0.335 e. The van der Waals surface area contributed by atoms with Crippen LogP contribution in [-0.4, -0.2) is 11.1 Å². The lowest BCUT2D eigenvalue weighted by Gasteiger charge is -2.18. The van der Waals surface area contributed by atoms with E-state index in [1.807, 2.05) is 6.92 Å². The van der Waals surface area contributed by atoms with Crippen LogP contribution in [0.4, 0.5) is 0 Å². The van der Waals surface area contributed by atoms with Crippen LogP contribution in [0, 0.1) is 6.92 Å². The van der Waals surface area contributed by atoms with Crippen molar-refractivity contribution < 1.29 is 14.3 Å². The molecule has 2 aromatic carbocycles. The summed E-state index contributed by atoms with van der Waals surface area (Å²) in [6.45, 7) is 2.05. The normalized spacial score (nSPS) is 15.2. The second kappa shape index (κ2) is 6.30. The molecule has 1 heterocycles. The first kappa shape index (κ1) is 16.3. The lowest BCUT2D eigenvalue weighted by molar-refractivity contribution is 0.0697. The van der Waals surface area contributed by atoms with E-state index in [0.29, 0.717) is 28.7 Å². The first-order valence-electron chi connectivity index (χ1n) is 8.63. The van der Waals surface area contributed by atoms with Crippen molar-refractivity contribution in [3.8, 4) is 0 Å². The van der Waals surface area contributed by atoms with E-state index in [0.717, 1.165) is 24.0 Å². The molecule has 1 N–H and O–H groups in total. The molecule has 1 aliphatic carbocycles. The molecule has 26 heavy (non-hydrogen) atoms. The molecule has 130 valence electrons. The Labute approximate surface area is 150 Å². The number of rotatable bonds is 2. The van der Waals surface area contributed by atoms with Gasteiger partial charge in [0.2, 0.25) is 0 Å². The van der Waals surface area contributed by atoms with Gasteiger partial charge >= 0.3 is 5.97 Å². The predicted octanol–water partition coefficient (Wildman–Crippen LogP) is 4.68. The molecular weight excluding hydrogens is 328 g/mol. The van der Waals surface area contributed by atoms with Gasteiger partial charge in [-0.05, 0) is 61.6 Å². The number of fused-ring (bicyclic) bond motifs is 2. The molecule has 1 aliphatic rings. The summed E-state index contributed by atoms with van der Waals surface area (Å²) >= 11 is 0. The minimum absolute atomic E-state index is 0.0935. The van der Waals surface area contributed by atoms with Gasteiger partial charge in [0.15, 0.2) is 5.43 Å². The van der Waals surface area contributed by atoms with Gasteiger partial charge in [0, 0.05) is 5.56 Å². The van der Waals surface area contributed by atoms with E-state index in [1.165, 1.54) is 17.7 Å². The number of hydrogen-bond donors (Lipinski definition) is 1. The Kier molecular flexibility index (Phi) is 3.96. The predicted molar refractivity (Wildman–Crippen MR) is 101 cm³/mol. The molecule has 0 bridgehead atoms. The van der Waals surface area contributed by atoms with Crippen LogP contribution < -0.4 is 5.43 Å². The minimum atomic E-state index is -1.05. The average molecular weight is 346 g/mol. The molecule has 0 aliphatic heterocycles. The summed E-state index contributed by atoms with van der Waals surface area (Å²) in [6, 6.07) is 12.6. The van der Waals surface area contributed by atoms with E-state index < -0.39 is 5.97 Å². The first-order valence-corrected chi connectivity index (χ1v) is 8.63. The summed E-state index contributed by atoms with van der Waals surface area (Å²) in [5.41, 5.74) is 4.32. The fraction of sp³-hybridized carbons (Fsp3) is 0.182. The van der Waals surface area contributed by atoms with Crippen molar-refractivity contribution in [1.82, 2.24) is 0 Å². The van der Waals surface area contributed by atoms with Crippen LogP contribution in [0.1, 0.15) is 45.7 Å². The van der Waals surface area contributed by atoms with E-state index in [-0.39, 0.29) is 11.0 Å². The molecule has 0 radical (unpaired) electrons. The lowest BCUT2D eigenvalue weighted by atomic mass is 9.90. The monoisotopic (exact) mass is 346 g/mol. The molecule has 0 spiro atoms. The summed E-state index contributed by atoms with van der Waals surface area (Å²) in [6.07, 6.45) is 4.44. The minimum Gasteiger partial charge on any atom is -0.478 e. The Hall–Kier alpha value is -3.14. The second-order valence-electron chi connectivity index (χ2n) is 6.69. The van der Waals surface area contributed by atoms with Crippen molar-refractivity contribution in [2.24, 2.45) is 0 Å². The largest absolute Gasteiger partial charge is 0.478 e. The third-order valence-corrected chi connectivity index (χ3v) is 4.81. The zero-order valence-corrected chi connectivity index (χ0v) is 14.4. The number of carbonyl (C=O) groups is 1. The number of allylic oxidation sites excluding steroid dienone is 1. The summed E-state index contributed by atoms with van der Waals surface area (Å²) in [5.74, 6) is -0.415. The highest BCUT2D eigenvalue weighted by atomic mass is 16.4. The zero-order chi connectivity index (χ0) is 18.3. The fourth-order valence-corrected chi connectivity index (χ4v) is 3.42. The van der Waals surface area contributed by atoms with E-state index >= 15 is 0 Å². The van der Waals surface area contributed by atoms with Crippen LogP contribution in [0.5, 0.6) is 0 Å². The van der Waals surface area contributed by atoms with Crippen molar-refractivity contribution in [3.63, 3.8) is 0 Å². The molecule has 4 rings (SSSR count). The van der Waals surface area contributed by atoms with Gasteiger partial charge in [-0.25, -0.2) is 4.79 Å². The van der Waals surface area contributed by atoms with Crippen molar-refractivity contribution in [3.05, 3.63) is 80.7 Å². The van der Waals surface area contributed by atoms with Crippen LogP contribution in [0.25, 0.3) is 22.6 Å². The molecule has 0 saturated heterocycles. The van der Waals surface area contributed by atoms with Gasteiger partial charge in [0.1, 0.15) is 11.3 Å². The lowest BCUT2D eigenvalue weighted by Crippen LogP contribution is -2.16. The van der Waals surface area contributed by atoms with Crippen molar-refractivity contribution in [2.45, 2.75) is 26.2 Å². The van der Waals surface area contributed by atoms with Crippen molar-refractivity contribution >= 4 is 28.6 Å². The van der Waals surface area contributed by atoms with E-state index in [1.54, 1.807) is 6.07 Å². The molecular formula is C22H18O4. The van der Waals surface area contributed by atoms with Gasteiger partial charge in [0.25, 0.3) is 0 Å². The van der Waals surface area contributed by atoms with Crippen LogP contribution in [0.15, 0.2) is 51.7 Å². The molecule has 1 aromatic heterocycles. The maximum atomic E-state index is 12.9. The van der Waals surface area contributed by atoms with Gasteiger partial charge in [-0.2, -0.15) is 0 Å². The number of hydrogen-bond acceptors (Lipinski definition) is 3. The van der Waals surface area contributed by atoms with Crippen LogP contribution in [-0.2, 0) is 6.42 Å². The summed E-state index contributed by atoms with van der Waals surface area (Å²) in [5, 5.41) is 9.49. The highest BCUT2D eigenvalue weighted by molar-refractivity contribution is 5.93. The highest BCUT2D eigenvalue weighted by Gasteiger charge is 2.22. The average Bonchev–Trinajstić information content (AvgIpc) is 2.64. The standard InChI is InChI=1S/C22H18O4/c1-13-5-7-14(8-6-13)11-15-3-2-4-17-20(23)18-12-16(22(24)25)9-10-19(18)26-21(15)17/h5-12H,2-4H2,1H3,(H,24,25)/b15-11-. The van der Waals surface area contributed by atoms with Crippen LogP contribution >= 0.6 is 0 Å². The molecule has 0 amide bonds. The topological polar surface area (TPSA) is 67.5 Å². The maximum absolute atomic E-state index is 12.9. The molecule has 3 aromatic rings. The number of carboxylic acids is 1. The zero-order valence-electron chi connectivity index (χ0n) is 14.4. The van der Waals surface area contributed by atoms with Crippen molar-refractivity contribution in [2.75, 3.05) is 0 Å². The quantitative estimate of drug-likeness (QED) is 0.732. The molecule has 4 heteroatoms. The Morgan fingerprint density at radius 1 is 1.12 bits per heavy atom. The molecule has 0 fully saturated rings. The fourth-order valence-electron chi connectivity index (χ4n) is 3.42. The number of aryl methyl sites for hydroxylation is 1. The summed E-state index contributed by atoms with van der Waals surface area (Å²) in [4.78, 5) is 24.1. The van der Waals surface area contributed by atoms with Gasteiger partial charge in [-0.1, -0.05) is 29.8 Å². The second-order valence-corrected chi connectivity index (χ2v) is 6.69. The number of benzene rings is 2. The van der Waals surface area contributed by atoms with Crippen LogP contribution in [0.3, 0.4) is 0 Å². The molecule has 0 atom stereocenters. The summed E-state index contributed by atoms with van der Waals surface area (Å²) in [7, 11) is 0. The van der Waals surface area contributed by atoms with Crippen molar-refractivity contribution in [1.29, 1.82) is 0 Å². The Balaban J connectivity index is 1.89. The first-order chi connectivity index (χ1) is 12.5. The summed E-state index contributed by atoms with van der Waals surface area (Å²) < 4.78 is 6.05. The highest BCUT2D eigenvalue weighted by Crippen LogP contribution is 2.33. The van der Waals surface area contributed by atoms with E-state index in [2.05, 4.69) is 30.3 Å². The molecule has 0 unspecified atom stereocenters. The molecule has 4 nitrogen and oxygen atoms in total. The van der Waals surface area contributed by atoms with Gasteiger partial charge in [-0.15, -0.1) is 0 Å². The Morgan fingerprint density at radius 3 is 2.62 bits per heavy atom. The van der Waals surface area contributed by atoms with Gasteiger partial charge < -0.3 is 9.52 Å². The molecule has 0 saturated carbocycles. The van der Waals surface area contributed by atoms with Gasteiger partial charge in [-0.3, -0.25) is 4.79 Å². The third kappa shape index (κ3) is 2.84. The van der Waals surface area contributed by atoms with Crippen LogP contribution in [0.2, 0.25) is 0 Å². The Bertz CT molecular complexity index is 1100. The third-order valence-electron chi connectivity index (χ3n) is 4.81. The number of carboxylic acid groups (broad SMARTS) is 1. The number of aromatic carboxylic acids is 1. The van der Waals surface area contributed by atoms with E-state index in [4.69, 9.17) is 9.52 Å². The Morgan fingerprint density at radius 2 is 1.88 bits per heavy atom. The smallest absolute Gasteiger partial charge is 0.335 e. The SMILES string of the molecule is Cc1ccc(/C=C2/CCCc3c2oc2ccc(C(=O)O)cc2c3=O)cc1.